The maximum absolute atomic E-state index is 12.1. The van der Waals surface area contributed by atoms with Crippen LogP contribution in [0.5, 0.6) is 0 Å². The lowest BCUT2D eigenvalue weighted by molar-refractivity contribution is -0.161. The van der Waals surface area contributed by atoms with Crippen molar-refractivity contribution in [2.24, 2.45) is 22.7 Å². The van der Waals surface area contributed by atoms with Gasteiger partial charge in [0.1, 0.15) is 6.10 Å². The molecule has 2 bridgehead atoms. The SMILES string of the molecule is CC1(C)C2CCC1(C)C(OC(=O)C1CCOC1)C2. The fraction of sp³-hybridized carbons (Fsp3) is 0.933. The van der Waals surface area contributed by atoms with Crippen LogP contribution in [0.25, 0.3) is 0 Å². The number of hydrogen-bond donors (Lipinski definition) is 0. The Hall–Kier alpha value is -0.570. The largest absolute Gasteiger partial charge is 0.461 e. The average molecular weight is 252 g/mol. The van der Waals surface area contributed by atoms with E-state index in [2.05, 4.69) is 20.8 Å². The van der Waals surface area contributed by atoms with Gasteiger partial charge in [-0.05, 0) is 37.0 Å². The van der Waals surface area contributed by atoms with Crippen LogP contribution >= 0.6 is 0 Å². The van der Waals surface area contributed by atoms with E-state index >= 15 is 0 Å². The lowest BCUT2D eigenvalue weighted by Crippen LogP contribution is -2.39. The first-order valence-electron chi connectivity index (χ1n) is 7.23. The van der Waals surface area contributed by atoms with Crippen LogP contribution in [0, 0.1) is 22.7 Å². The Bertz CT molecular complexity index is 357. The van der Waals surface area contributed by atoms with Gasteiger partial charge in [-0.2, -0.15) is 0 Å². The maximum Gasteiger partial charge on any atom is 0.311 e. The molecule has 0 N–H and O–H groups in total. The first kappa shape index (κ1) is 12.5. The number of hydrogen-bond acceptors (Lipinski definition) is 3. The van der Waals surface area contributed by atoms with Crippen LogP contribution in [-0.4, -0.2) is 25.3 Å². The van der Waals surface area contributed by atoms with E-state index in [0.29, 0.717) is 18.6 Å². The van der Waals surface area contributed by atoms with Gasteiger partial charge in [-0.25, -0.2) is 0 Å². The van der Waals surface area contributed by atoms with Crippen LogP contribution in [0.3, 0.4) is 0 Å². The molecule has 1 heterocycles. The minimum absolute atomic E-state index is 0.0177. The minimum Gasteiger partial charge on any atom is -0.461 e. The van der Waals surface area contributed by atoms with Crippen LogP contribution in [0.2, 0.25) is 0 Å². The van der Waals surface area contributed by atoms with E-state index in [1.54, 1.807) is 0 Å². The van der Waals surface area contributed by atoms with Gasteiger partial charge in [0.05, 0.1) is 12.5 Å². The van der Waals surface area contributed by atoms with Crippen LogP contribution < -0.4 is 0 Å². The van der Waals surface area contributed by atoms with Crippen molar-refractivity contribution < 1.29 is 14.3 Å². The lowest BCUT2D eigenvalue weighted by Gasteiger charge is -2.38. The Balaban J connectivity index is 1.70. The van der Waals surface area contributed by atoms with Crippen LogP contribution in [-0.2, 0) is 14.3 Å². The van der Waals surface area contributed by atoms with E-state index in [-0.39, 0.29) is 23.4 Å². The number of rotatable bonds is 2. The normalized spacial score (nSPS) is 45.4. The monoisotopic (exact) mass is 252 g/mol. The molecule has 1 aliphatic heterocycles. The number of fused-ring (bicyclic) bond motifs is 2. The number of ether oxygens (including phenoxy) is 2. The summed E-state index contributed by atoms with van der Waals surface area (Å²) in [6.07, 6.45) is 4.51. The number of carbonyl (C=O) groups excluding carboxylic acids is 1. The summed E-state index contributed by atoms with van der Waals surface area (Å²) in [6, 6.07) is 0. The fourth-order valence-corrected chi connectivity index (χ4v) is 4.27. The molecule has 4 atom stereocenters. The minimum atomic E-state index is -0.0259. The number of carbonyl (C=O) groups is 1. The molecule has 3 fully saturated rings. The summed E-state index contributed by atoms with van der Waals surface area (Å²) >= 11 is 0. The van der Waals surface area contributed by atoms with E-state index in [4.69, 9.17) is 9.47 Å². The van der Waals surface area contributed by atoms with Crippen molar-refractivity contribution in [3.63, 3.8) is 0 Å². The zero-order chi connectivity index (χ0) is 13.0. The number of esters is 1. The van der Waals surface area contributed by atoms with Gasteiger partial charge in [0, 0.05) is 12.0 Å². The van der Waals surface area contributed by atoms with E-state index < -0.39 is 0 Å². The predicted molar refractivity (Wildman–Crippen MR) is 68.0 cm³/mol. The topological polar surface area (TPSA) is 35.5 Å². The summed E-state index contributed by atoms with van der Waals surface area (Å²) in [7, 11) is 0. The molecule has 3 aliphatic rings. The molecule has 0 amide bonds. The third-order valence-electron chi connectivity index (χ3n) is 6.24. The molecule has 4 unspecified atom stereocenters. The fourth-order valence-electron chi connectivity index (χ4n) is 4.27. The second kappa shape index (κ2) is 3.96. The molecule has 3 rings (SSSR count). The van der Waals surface area contributed by atoms with Gasteiger partial charge in [0.15, 0.2) is 0 Å². The average Bonchev–Trinajstić information content (AvgIpc) is 2.95. The third-order valence-corrected chi connectivity index (χ3v) is 6.24. The second-order valence-electron chi connectivity index (χ2n) is 7.10. The highest BCUT2D eigenvalue weighted by Crippen LogP contribution is 2.66. The quantitative estimate of drug-likeness (QED) is 0.709. The zero-order valence-electron chi connectivity index (χ0n) is 11.7. The van der Waals surface area contributed by atoms with Gasteiger partial charge < -0.3 is 9.47 Å². The van der Waals surface area contributed by atoms with Crippen molar-refractivity contribution in [2.75, 3.05) is 13.2 Å². The highest BCUT2D eigenvalue weighted by molar-refractivity contribution is 5.73. The van der Waals surface area contributed by atoms with Crippen molar-refractivity contribution in [3.8, 4) is 0 Å². The van der Waals surface area contributed by atoms with Gasteiger partial charge in [0.2, 0.25) is 0 Å². The summed E-state index contributed by atoms with van der Waals surface area (Å²) in [4.78, 5) is 12.1. The molecule has 0 aromatic heterocycles. The van der Waals surface area contributed by atoms with E-state index in [1.165, 1.54) is 12.8 Å². The molecule has 3 nitrogen and oxygen atoms in total. The smallest absolute Gasteiger partial charge is 0.311 e. The van der Waals surface area contributed by atoms with Gasteiger partial charge in [-0.15, -0.1) is 0 Å². The van der Waals surface area contributed by atoms with E-state index in [9.17, 15) is 4.79 Å². The Labute approximate surface area is 109 Å². The van der Waals surface area contributed by atoms with Crippen molar-refractivity contribution in [2.45, 2.75) is 52.6 Å². The Morgan fingerprint density at radius 1 is 1.28 bits per heavy atom. The molecule has 2 saturated carbocycles. The third kappa shape index (κ3) is 1.56. The molecular formula is C15H24O3. The summed E-state index contributed by atoms with van der Waals surface area (Å²) < 4.78 is 11.1. The molecule has 3 heteroatoms. The van der Waals surface area contributed by atoms with E-state index in [1.807, 2.05) is 0 Å². The van der Waals surface area contributed by atoms with Crippen molar-refractivity contribution in [1.82, 2.24) is 0 Å². The predicted octanol–water partition coefficient (Wildman–Crippen LogP) is 2.78. The van der Waals surface area contributed by atoms with Gasteiger partial charge in [-0.3, -0.25) is 4.79 Å². The molecule has 0 spiro atoms. The summed E-state index contributed by atoms with van der Waals surface area (Å²) in [5, 5.41) is 0. The van der Waals surface area contributed by atoms with Crippen molar-refractivity contribution in [3.05, 3.63) is 0 Å². The van der Waals surface area contributed by atoms with E-state index in [0.717, 1.165) is 18.8 Å². The van der Waals surface area contributed by atoms with Crippen molar-refractivity contribution in [1.29, 1.82) is 0 Å². The van der Waals surface area contributed by atoms with Crippen LogP contribution in [0.15, 0.2) is 0 Å². The van der Waals surface area contributed by atoms with Gasteiger partial charge >= 0.3 is 5.97 Å². The molecule has 102 valence electrons. The molecule has 18 heavy (non-hydrogen) atoms. The second-order valence-corrected chi connectivity index (χ2v) is 7.10. The Morgan fingerprint density at radius 3 is 2.56 bits per heavy atom. The van der Waals surface area contributed by atoms with Crippen LogP contribution in [0.4, 0.5) is 0 Å². The van der Waals surface area contributed by atoms with Gasteiger partial charge in [-0.1, -0.05) is 20.8 Å². The molecule has 1 saturated heterocycles. The standard InChI is InChI=1S/C15H24O3/c1-14(2)11-4-6-15(14,3)12(8-11)18-13(16)10-5-7-17-9-10/h10-12H,4-9H2,1-3H3. The van der Waals surface area contributed by atoms with Crippen molar-refractivity contribution >= 4 is 5.97 Å². The first-order valence-corrected chi connectivity index (χ1v) is 7.23. The summed E-state index contributed by atoms with van der Waals surface area (Å²) in [5.74, 6) is 0.679. The zero-order valence-corrected chi connectivity index (χ0v) is 11.7. The molecular weight excluding hydrogens is 228 g/mol. The van der Waals surface area contributed by atoms with Crippen LogP contribution in [0.1, 0.15) is 46.5 Å². The highest BCUT2D eigenvalue weighted by Gasteiger charge is 2.63. The molecule has 0 radical (unpaired) electrons. The lowest BCUT2D eigenvalue weighted by atomic mass is 9.70. The molecule has 0 aromatic rings. The Kier molecular flexibility index (Phi) is 2.74. The highest BCUT2D eigenvalue weighted by atomic mass is 16.6. The first-order chi connectivity index (χ1) is 8.45. The summed E-state index contributed by atoms with van der Waals surface area (Å²) in [5.41, 5.74) is 0.483. The molecule has 2 aliphatic carbocycles. The van der Waals surface area contributed by atoms with Gasteiger partial charge in [0.25, 0.3) is 0 Å². The Morgan fingerprint density at radius 2 is 2.06 bits per heavy atom. The maximum atomic E-state index is 12.1. The summed E-state index contributed by atoms with van der Waals surface area (Å²) in [6.45, 7) is 8.25. The molecule has 0 aromatic carbocycles.